The summed E-state index contributed by atoms with van der Waals surface area (Å²) in [5.74, 6) is -1.03. The molecule has 0 spiro atoms. The summed E-state index contributed by atoms with van der Waals surface area (Å²) >= 11 is 0. The minimum absolute atomic E-state index is 0.0814. The van der Waals surface area contributed by atoms with Crippen molar-refractivity contribution in [1.29, 1.82) is 0 Å². The van der Waals surface area contributed by atoms with Crippen LogP contribution in [0, 0.1) is 0 Å². The van der Waals surface area contributed by atoms with Gasteiger partial charge in [0.2, 0.25) is 0 Å². The topological polar surface area (TPSA) is 87.7 Å². The summed E-state index contributed by atoms with van der Waals surface area (Å²) in [4.78, 5) is 13.9. The van der Waals surface area contributed by atoms with Gasteiger partial charge in [0.15, 0.2) is 0 Å². The standard InChI is InChI=1S/C6H11N3O2/c1-8-2-5(6(10)11)3-9-4-7/h2-3,9H,4,7H2,1H3,(H,10,11)/b5-3+,8-2?. The Bertz CT molecular complexity index is 186. The molecule has 0 saturated carbocycles. The molecule has 11 heavy (non-hydrogen) atoms. The Kier molecular flexibility index (Phi) is 4.76. The summed E-state index contributed by atoms with van der Waals surface area (Å²) in [5.41, 5.74) is 5.16. The zero-order valence-corrected chi connectivity index (χ0v) is 6.24. The Hall–Kier alpha value is -1.36. The number of carbonyl (C=O) groups is 1. The van der Waals surface area contributed by atoms with Gasteiger partial charge in [-0.05, 0) is 0 Å². The van der Waals surface area contributed by atoms with Crippen molar-refractivity contribution in [2.45, 2.75) is 0 Å². The van der Waals surface area contributed by atoms with Crippen LogP contribution in [0.2, 0.25) is 0 Å². The van der Waals surface area contributed by atoms with Gasteiger partial charge in [-0.15, -0.1) is 0 Å². The van der Waals surface area contributed by atoms with E-state index in [1.54, 1.807) is 0 Å². The average molecular weight is 157 g/mol. The van der Waals surface area contributed by atoms with E-state index in [-0.39, 0.29) is 12.2 Å². The molecule has 0 fully saturated rings. The van der Waals surface area contributed by atoms with E-state index in [0.717, 1.165) is 0 Å². The van der Waals surface area contributed by atoms with Crippen LogP contribution in [0.1, 0.15) is 0 Å². The molecular formula is C6H11N3O2. The van der Waals surface area contributed by atoms with Gasteiger partial charge in [0.05, 0.1) is 12.2 Å². The lowest BCUT2D eigenvalue weighted by Gasteiger charge is -1.95. The number of carboxylic acid groups (broad SMARTS) is 1. The Morgan fingerprint density at radius 1 is 1.82 bits per heavy atom. The highest BCUT2D eigenvalue weighted by Crippen LogP contribution is 1.86. The van der Waals surface area contributed by atoms with Crippen LogP contribution in [0.3, 0.4) is 0 Å². The lowest BCUT2D eigenvalue weighted by molar-refractivity contribution is -0.132. The lowest BCUT2D eigenvalue weighted by Crippen LogP contribution is -2.18. The van der Waals surface area contributed by atoms with Crippen molar-refractivity contribution >= 4 is 12.2 Å². The Morgan fingerprint density at radius 2 is 2.45 bits per heavy atom. The van der Waals surface area contributed by atoms with Gasteiger partial charge in [0.1, 0.15) is 0 Å². The zero-order valence-electron chi connectivity index (χ0n) is 6.24. The molecule has 0 bridgehead atoms. The molecule has 0 unspecified atom stereocenters. The van der Waals surface area contributed by atoms with Crippen molar-refractivity contribution in [2.24, 2.45) is 10.7 Å². The second kappa shape index (κ2) is 5.43. The van der Waals surface area contributed by atoms with Gasteiger partial charge in [0, 0.05) is 19.5 Å². The van der Waals surface area contributed by atoms with E-state index >= 15 is 0 Å². The fourth-order valence-electron chi connectivity index (χ4n) is 0.462. The fourth-order valence-corrected chi connectivity index (χ4v) is 0.462. The van der Waals surface area contributed by atoms with Crippen molar-refractivity contribution in [3.05, 3.63) is 11.8 Å². The van der Waals surface area contributed by atoms with Gasteiger partial charge in [-0.3, -0.25) is 4.99 Å². The molecule has 0 radical (unpaired) electrons. The second-order valence-electron chi connectivity index (χ2n) is 1.70. The normalized spacial score (nSPS) is 12.0. The predicted molar refractivity (Wildman–Crippen MR) is 42.3 cm³/mol. The van der Waals surface area contributed by atoms with Gasteiger partial charge in [-0.1, -0.05) is 0 Å². The number of nitrogens with two attached hydrogens (primary N) is 1. The average Bonchev–Trinajstić information content (AvgIpc) is 1.97. The molecule has 0 aromatic heterocycles. The number of carboxylic acids is 1. The summed E-state index contributed by atoms with van der Waals surface area (Å²) < 4.78 is 0. The molecule has 0 aliphatic rings. The van der Waals surface area contributed by atoms with Crippen molar-refractivity contribution in [2.75, 3.05) is 13.7 Å². The molecule has 0 aromatic carbocycles. The molecule has 62 valence electrons. The van der Waals surface area contributed by atoms with E-state index in [9.17, 15) is 4.79 Å². The van der Waals surface area contributed by atoms with Gasteiger partial charge in [-0.25, -0.2) is 4.79 Å². The van der Waals surface area contributed by atoms with Crippen molar-refractivity contribution in [3.63, 3.8) is 0 Å². The monoisotopic (exact) mass is 157 g/mol. The first kappa shape index (κ1) is 9.64. The molecule has 0 rings (SSSR count). The minimum atomic E-state index is -1.03. The maximum Gasteiger partial charge on any atom is 0.338 e. The molecule has 0 saturated heterocycles. The van der Waals surface area contributed by atoms with Gasteiger partial charge in [0.25, 0.3) is 0 Å². The van der Waals surface area contributed by atoms with Crippen LogP contribution < -0.4 is 11.1 Å². The minimum Gasteiger partial charge on any atom is -0.478 e. The summed E-state index contributed by atoms with van der Waals surface area (Å²) in [5, 5.41) is 11.0. The van der Waals surface area contributed by atoms with Gasteiger partial charge >= 0.3 is 5.97 Å². The number of rotatable bonds is 4. The van der Waals surface area contributed by atoms with Crippen molar-refractivity contribution < 1.29 is 9.90 Å². The van der Waals surface area contributed by atoms with Crippen LogP contribution in [0.25, 0.3) is 0 Å². The zero-order chi connectivity index (χ0) is 8.69. The van der Waals surface area contributed by atoms with Gasteiger partial charge in [-0.2, -0.15) is 0 Å². The van der Waals surface area contributed by atoms with Crippen LogP contribution in [-0.4, -0.2) is 31.0 Å². The molecule has 5 heteroatoms. The highest BCUT2D eigenvalue weighted by molar-refractivity contribution is 6.08. The molecule has 5 nitrogen and oxygen atoms in total. The van der Waals surface area contributed by atoms with E-state index in [1.807, 2.05) is 0 Å². The van der Waals surface area contributed by atoms with E-state index in [2.05, 4.69) is 10.3 Å². The fraction of sp³-hybridized carbons (Fsp3) is 0.333. The second-order valence-corrected chi connectivity index (χ2v) is 1.70. The summed E-state index contributed by atoms with van der Waals surface area (Å²) in [6.07, 6.45) is 2.54. The smallest absolute Gasteiger partial charge is 0.338 e. The Morgan fingerprint density at radius 3 is 2.82 bits per heavy atom. The molecule has 4 N–H and O–H groups in total. The molecule has 0 aromatic rings. The highest BCUT2D eigenvalue weighted by Gasteiger charge is 2.01. The van der Waals surface area contributed by atoms with E-state index in [0.29, 0.717) is 0 Å². The predicted octanol–water partition coefficient (Wildman–Crippen LogP) is -0.839. The maximum atomic E-state index is 10.4. The number of aliphatic imine (C=N–C) groups is 1. The Labute approximate surface area is 64.6 Å². The summed E-state index contributed by atoms with van der Waals surface area (Å²) in [6, 6.07) is 0. The maximum absolute atomic E-state index is 10.4. The first-order valence-corrected chi connectivity index (χ1v) is 3.01. The molecule has 0 amide bonds. The van der Waals surface area contributed by atoms with Crippen LogP contribution in [0.15, 0.2) is 16.8 Å². The quantitative estimate of drug-likeness (QED) is 0.282. The largest absolute Gasteiger partial charge is 0.478 e. The number of aliphatic carboxylic acids is 1. The third-order valence-corrected chi connectivity index (χ3v) is 0.891. The number of hydrogen-bond acceptors (Lipinski definition) is 4. The molecule has 0 heterocycles. The SMILES string of the molecule is CN=C/C(=C\NCN)C(=O)O. The van der Waals surface area contributed by atoms with Gasteiger partial charge < -0.3 is 16.2 Å². The molecular weight excluding hydrogens is 146 g/mol. The first-order chi connectivity index (χ1) is 5.22. The van der Waals surface area contributed by atoms with E-state index < -0.39 is 5.97 Å². The molecule has 0 atom stereocenters. The van der Waals surface area contributed by atoms with Crippen LogP contribution >= 0.6 is 0 Å². The lowest BCUT2D eigenvalue weighted by atomic mass is 10.3. The number of nitrogens with one attached hydrogen (secondary N) is 1. The third kappa shape index (κ3) is 4.10. The van der Waals surface area contributed by atoms with Crippen LogP contribution in [0.5, 0.6) is 0 Å². The van der Waals surface area contributed by atoms with Crippen LogP contribution in [0.4, 0.5) is 0 Å². The number of nitrogens with zero attached hydrogens (tertiary/aromatic N) is 1. The van der Waals surface area contributed by atoms with E-state index in [4.69, 9.17) is 10.8 Å². The van der Waals surface area contributed by atoms with E-state index in [1.165, 1.54) is 19.5 Å². The highest BCUT2D eigenvalue weighted by atomic mass is 16.4. The molecule has 0 aliphatic carbocycles. The first-order valence-electron chi connectivity index (χ1n) is 3.01. The van der Waals surface area contributed by atoms with Crippen molar-refractivity contribution in [3.8, 4) is 0 Å². The Balaban J connectivity index is 4.20. The van der Waals surface area contributed by atoms with Crippen molar-refractivity contribution in [1.82, 2.24) is 5.32 Å². The number of hydrogen-bond donors (Lipinski definition) is 3. The summed E-state index contributed by atoms with van der Waals surface area (Å²) in [6.45, 7) is 0.203. The van der Waals surface area contributed by atoms with Crippen LogP contribution in [-0.2, 0) is 4.79 Å². The molecule has 0 aliphatic heterocycles. The third-order valence-electron chi connectivity index (χ3n) is 0.891. The summed E-state index contributed by atoms with van der Waals surface area (Å²) in [7, 11) is 1.50.